The van der Waals surface area contributed by atoms with Gasteiger partial charge >= 0.3 is 0 Å². The minimum atomic E-state index is -0.577. The highest BCUT2D eigenvalue weighted by atomic mass is 16.5. The standard InChI is InChI=1S/C19H25N3O4/c1-2-26-11-4-3-10-20-15-7-5-6-13-14(15)12-22(19(13)25)16-8-9-17(23)21-18(16)24/h5-7,16,20H,2-4,8-12H2,1H3,(H,21,23,24). The number of rotatable bonds is 8. The third-order valence-corrected chi connectivity index (χ3v) is 4.82. The number of unbranched alkanes of at least 4 members (excludes halogenated alkanes) is 1. The van der Waals surface area contributed by atoms with Crippen molar-refractivity contribution < 1.29 is 19.1 Å². The molecule has 26 heavy (non-hydrogen) atoms. The normalized spacial score (nSPS) is 19.5. The lowest BCUT2D eigenvalue weighted by Gasteiger charge is -2.29. The van der Waals surface area contributed by atoms with E-state index in [9.17, 15) is 14.4 Å². The van der Waals surface area contributed by atoms with Gasteiger partial charge in [-0.2, -0.15) is 0 Å². The average molecular weight is 359 g/mol. The van der Waals surface area contributed by atoms with E-state index in [4.69, 9.17) is 4.74 Å². The molecule has 1 aromatic carbocycles. The first-order chi connectivity index (χ1) is 12.6. The van der Waals surface area contributed by atoms with Crippen molar-refractivity contribution in [1.29, 1.82) is 0 Å². The van der Waals surface area contributed by atoms with Crippen molar-refractivity contribution in [1.82, 2.24) is 10.2 Å². The van der Waals surface area contributed by atoms with Gasteiger partial charge in [0.1, 0.15) is 6.04 Å². The van der Waals surface area contributed by atoms with Crippen LogP contribution in [0.4, 0.5) is 5.69 Å². The minimum Gasteiger partial charge on any atom is -0.385 e. The van der Waals surface area contributed by atoms with Gasteiger partial charge in [-0.25, -0.2) is 0 Å². The number of piperidine rings is 1. The maximum absolute atomic E-state index is 12.7. The Morgan fingerprint density at radius 3 is 2.88 bits per heavy atom. The first-order valence-corrected chi connectivity index (χ1v) is 9.20. The van der Waals surface area contributed by atoms with Crippen LogP contribution in [0.5, 0.6) is 0 Å². The van der Waals surface area contributed by atoms with Crippen LogP contribution in [0.25, 0.3) is 0 Å². The Morgan fingerprint density at radius 1 is 1.27 bits per heavy atom. The average Bonchev–Trinajstić information content (AvgIpc) is 2.96. The van der Waals surface area contributed by atoms with Crippen LogP contribution in [-0.2, 0) is 20.9 Å². The zero-order valence-electron chi connectivity index (χ0n) is 15.0. The van der Waals surface area contributed by atoms with Crippen molar-refractivity contribution in [3.63, 3.8) is 0 Å². The van der Waals surface area contributed by atoms with Crippen LogP contribution < -0.4 is 10.6 Å². The molecule has 1 atom stereocenters. The number of ether oxygens (including phenoxy) is 1. The molecule has 0 radical (unpaired) electrons. The number of anilines is 1. The van der Waals surface area contributed by atoms with Crippen LogP contribution in [0.2, 0.25) is 0 Å². The molecule has 0 aliphatic carbocycles. The number of hydrogen-bond acceptors (Lipinski definition) is 5. The monoisotopic (exact) mass is 359 g/mol. The summed E-state index contributed by atoms with van der Waals surface area (Å²) < 4.78 is 5.33. The summed E-state index contributed by atoms with van der Waals surface area (Å²) in [5, 5.41) is 5.72. The van der Waals surface area contributed by atoms with Gasteiger partial charge in [0.15, 0.2) is 0 Å². The topological polar surface area (TPSA) is 87.7 Å². The van der Waals surface area contributed by atoms with E-state index in [1.807, 2.05) is 19.1 Å². The van der Waals surface area contributed by atoms with E-state index < -0.39 is 6.04 Å². The van der Waals surface area contributed by atoms with Crippen molar-refractivity contribution in [3.05, 3.63) is 29.3 Å². The third-order valence-electron chi connectivity index (χ3n) is 4.82. The molecule has 2 N–H and O–H groups in total. The predicted molar refractivity (Wildman–Crippen MR) is 96.7 cm³/mol. The largest absolute Gasteiger partial charge is 0.385 e. The van der Waals surface area contributed by atoms with Gasteiger partial charge in [0.05, 0.1) is 0 Å². The summed E-state index contributed by atoms with van der Waals surface area (Å²) >= 11 is 0. The molecule has 140 valence electrons. The number of fused-ring (bicyclic) bond motifs is 1. The predicted octanol–water partition coefficient (Wildman–Crippen LogP) is 1.68. The van der Waals surface area contributed by atoms with E-state index >= 15 is 0 Å². The van der Waals surface area contributed by atoms with Gasteiger partial charge in [0.2, 0.25) is 11.8 Å². The summed E-state index contributed by atoms with van der Waals surface area (Å²) in [4.78, 5) is 37.8. The number of benzene rings is 1. The fraction of sp³-hybridized carbons (Fsp3) is 0.526. The molecule has 3 amide bonds. The fourth-order valence-corrected chi connectivity index (χ4v) is 3.45. The molecule has 0 saturated carbocycles. The molecule has 7 heteroatoms. The second-order valence-corrected chi connectivity index (χ2v) is 6.56. The molecular formula is C19H25N3O4. The van der Waals surface area contributed by atoms with Gasteiger partial charge in [-0.1, -0.05) is 6.07 Å². The van der Waals surface area contributed by atoms with Gasteiger partial charge in [0.25, 0.3) is 5.91 Å². The summed E-state index contributed by atoms with van der Waals surface area (Å²) in [6, 6.07) is 5.03. The molecule has 1 fully saturated rings. The molecule has 3 rings (SSSR count). The molecule has 1 unspecified atom stereocenters. The van der Waals surface area contributed by atoms with Crippen LogP contribution in [0.15, 0.2) is 18.2 Å². The Morgan fingerprint density at radius 2 is 2.12 bits per heavy atom. The number of amides is 3. The van der Waals surface area contributed by atoms with Gasteiger partial charge in [0, 0.05) is 49.5 Å². The van der Waals surface area contributed by atoms with Gasteiger partial charge in [-0.05, 0) is 38.3 Å². The Hall–Kier alpha value is -2.41. The summed E-state index contributed by atoms with van der Waals surface area (Å²) in [5.74, 6) is -0.799. The number of nitrogens with one attached hydrogen (secondary N) is 2. The maximum atomic E-state index is 12.7. The Labute approximate surface area is 153 Å². The molecular weight excluding hydrogens is 334 g/mol. The zero-order chi connectivity index (χ0) is 18.5. The number of carbonyl (C=O) groups excluding carboxylic acids is 3. The highest BCUT2D eigenvalue weighted by molar-refractivity contribution is 6.06. The lowest BCUT2D eigenvalue weighted by molar-refractivity contribution is -0.136. The highest BCUT2D eigenvalue weighted by Gasteiger charge is 2.39. The number of nitrogens with zero attached hydrogens (tertiary/aromatic N) is 1. The van der Waals surface area contributed by atoms with Crippen molar-refractivity contribution in [3.8, 4) is 0 Å². The molecule has 0 bridgehead atoms. The first-order valence-electron chi connectivity index (χ1n) is 9.20. The van der Waals surface area contributed by atoms with E-state index in [0.717, 1.165) is 43.9 Å². The SMILES string of the molecule is CCOCCCCNc1cccc2c1CN(C1CCC(=O)NC1=O)C2=O. The maximum Gasteiger partial charge on any atom is 0.255 e. The van der Waals surface area contributed by atoms with Crippen molar-refractivity contribution in [2.24, 2.45) is 0 Å². The van der Waals surface area contributed by atoms with Crippen molar-refractivity contribution in [2.45, 2.75) is 45.2 Å². The van der Waals surface area contributed by atoms with E-state index in [0.29, 0.717) is 18.5 Å². The molecule has 1 aromatic rings. The van der Waals surface area contributed by atoms with E-state index in [1.54, 1.807) is 11.0 Å². The molecule has 0 aromatic heterocycles. The van der Waals surface area contributed by atoms with Crippen LogP contribution >= 0.6 is 0 Å². The first kappa shape index (κ1) is 18.4. The van der Waals surface area contributed by atoms with E-state index in [2.05, 4.69) is 10.6 Å². The van der Waals surface area contributed by atoms with Crippen LogP contribution in [-0.4, -0.2) is 48.4 Å². The van der Waals surface area contributed by atoms with Crippen molar-refractivity contribution in [2.75, 3.05) is 25.1 Å². The molecule has 2 aliphatic heterocycles. The third kappa shape index (κ3) is 3.88. The summed E-state index contributed by atoms with van der Waals surface area (Å²) in [5.41, 5.74) is 2.49. The smallest absolute Gasteiger partial charge is 0.255 e. The number of hydrogen-bond donors (Lipinski definition) is 2. The molecule has 1 saturated heterocycles. The molecule has 2 aliphatic rings. The number of imide groups is 1. The Balaban J connectivity index is 1.64. The number of carbonyl (C=O) groups is 3. The summed E-state index contributed by atoms with van der Waals surface area (Å²) in [7, 11) is 0. The lowest BCUT2D eigenvalue weighted by Crippen LogP contribution is -2.52. The van der Waals surface area contributed by atoms with Crippen LogP contribution in [0.1, 0.15) is 48.5 Å². The second-order valence-electron chi connectivity index (χ2n) is 6.56. The van der Waals surface area contributed by atoms with Gasteiger partial charge < -0.3 is 15.0 Å². The minimum absolute atomic E-state index is 0.144. The summed E-state index contributed by atoms with van der Waals surface area (Å²) in [6.45, 7) is 4.67. The van der Waals surface area contributed by atoms with Crippen molar-refractivity contribution >= 4 is 23.4 Å². The molecule has 0 spiro atoms. The molecule has 7 nitrogen and oxygen atoms in total. The summed E-state index contributed by atoms with van der Waals surface area (Å²) in [6.07, 6.45) is 2.61. The van der Waals surface area contributed by atoms with Crippen LogP contribution in [0, 0.1) is 0 Å². The fourth-order valence-electron chi connectivity index (χ4n) is 3.45. The van der Waals surface area contributed by atoms with Gasteiger partial charge in [-0.3, -0.25) is 19.7 Å². The van der Waals surface area contributed by atoms with E-state index in [1.165, 1.54) is 0 Å². The lowest BCUT2D eigenvalue weighted by atomic mass is 10.0. The second kappa shape index (κ2) is 8.31. The van der Waals surface area contributed by atoms with Gasteiger partial charge in [-0.15, -0.1) is 0 Å². The quantitative estimate of drug-likeness (QED) is 0.545. The molecule has 2 heterocycles. The van der Waals surface area contributed by atoms with Crippen LogP contribution in [0.3, 0.4) is 0 Å². The highest BCUT2D eigenvalue weighted by Crippen LogP contribution is 2.32. The zero-order valence-corrected chi connectivity index (χ0v) is 15.0. The van der Waals surface area contributed by atoms with E-state index in [-0.39, 0.29) is 24.1 Å². The Kier molecular flexibility index (Phi) is 5.88. The Bertz CT molecular complexity index is 704.